The van der Waals surface area contributed by atoms with Gasteiger partial charge in [0.25, 0.3) is 0 Å². The first-order valence-corrected chi connectivity index (χ1v) is 4.93. The summed E-state index contributed by atoms with van der Waals surface area (Å²) in [5.41, 5.74) is 1.15. The molecule has 0 aromatic heterocycles. The van der Waals surface area contributed by atoms with Crippen LogP contribution in [0.4, 0.5) is 0 Å². The van der Waals surface area contributed by atoms with E-state index in [0.29, 0.717) is 13.1 Å². The highest BCUT2D eigenvalue weighted by Gasteiger charge is 1.92. The maximum atomic E-state index is 10.2. The number of nitrogens with one attached hydrogen (secondary N) is 1. The second kappa shape index (κ2) is 6.79. The number of carboxylic acids is 1. The standard InChI is InChI=1S/C12H15NO2/c14-12(15)8-10-13-9-4-7-11-5-2-1-3-6-11/h1-7,13H,8-10H2,(H,14,15). The van der Waals surface area contributed by atoms with E-state index in [9.17, 15) is 4.79 Å². The van der Waals surface area contributed by atoms with Crippen molar-refractivity contribution in [2.24, 2.45) is 0 Å². The number of benzene rings is 1. The van der Waals surface area contributed by atoms with Gasteiger partial charge in [-0.25, -0.2) is 0 Å². The van der Waals surface area contributed by atoms with E-state index in [0.717, 1.165) is 5.56 Å². The van der Waals surface area contributed by atoms with Crippen molar-refractivity contribution in [1.29, 1.82) is 0 Å². The maximum Gasteiger partial charge on any atom is 0.304 e. The van der Waals surface area contributed by atoms with Crippen molar-refractivity contribution < 1.29 is 9.90 Å². The van der Waals surface area contributed by atoms with Crippen molar-refractivity contribution in [1.82, 2.24) is 5.32 Å². The van der Waals surface area contributed by atoms with Gasteiger partial charge in [-0.05, 0) is 5.56 Å². The summed E-state index contributed by atoms with van der Waals surface area (Å²) < 4.78 is 0. The fourth-order valence-corrected chi connectivity index (χ4v) is 1.14. The Morgan fingerprint density at radius 1 is 1.33 bits per heavy atom. The Hall–Kier alpha value is -1.61. The lowest BCUT2D eigenvalue weighted by Gasteiger charge is -1.97. The fourth-order valence-electron chi connectivity index (χ4n) is 1.14. The first-order valence-electron chi connectivity index (χ1n) is 4.93. The molecule has 80 valence electrons. The zero-order chi connectivity index (χ0) is 10.9. The molecule has 1 rings (SSSR count). The molecule has 0 amide bonds. The van der Waals surface area contributed by atoms with E-state index in [1.165, 1.54) is 0 Å². The van der Waals surface area contributed by atoms with Crippen molar-refractivity contribution in [2.75, 3.05) is 13.1 Å². The number of hydrogen-bond donors (Lipinski definition) is 2. The van der Waals surface area contributed by atoms with E-state index in [4.69, 9.17) is 5.11 Å². The smallest absolute Gasteiger partial charge is 0.304 e. The highest BCUT2D eigenvalue weighted by atomic mass is 16.4. The van der Waals surface area contributed by atoms with Crippen LogP contribution in [0.3, 0.4) is 0 Å². The number of carbonyl (C=O) groups is 1. The van der Waals surface area contributed by atoms with Crippen LogP contribution in [0.1, 0.15) is 12.0 Å². The minimum Gasteiger partial charge on any atom is -0.481 e. The van der Waals surface area contributed by atoms with Gasteiger partial charge in [0.15, 0.2) is 0 Å². The second-order valence-electron chi connectivity index (χ2n) is 3.16. The number of rotatable bonds is 6. The van der Waals surface area contributed by atoms with Gasteiger partial charge in [0.05, 0.1) is 6.42 Å². The van der Waals surface area contributed by atoms with Crippen LogP contribution < -0.4 is 5.32 Å². The van der Waals surface area contributed by atoms with Crippen molar-refractivity contribution in [3.8, 4) is 0 Å². The summed E-state index contributed by atoms with van der Waals surface area (Å²) in [6.07, 6.45) is 4.16. The summed E-state index contributed by atoms with van der Waals surface area (Å²) in [6, 6.07) is 9.99. The summed E-state index contributed by atoms with van der Waals surface area (Å²) in [6.45, 7) is 1.20. The third-order valence-electron chi connectivity index (χ3n) is 1.89. The zero-order valence-electron chi connectivity index (χ0n) is 8.52. The minimum absolute atomic E-state index is 0.166. The lowest BCUT2D eigenvalue weighted by atomic mass is 10.2. The Labute approximate surface area is 89.4 Å². The molecule has 0 bridgehead atoms. The Kier molecular flexibility index (Phi) is 5.19. The molecule has 0 saturated carbocycles. The summed E-state index contributed by atoms with van der Waals surface area (Å²) >= 11 is 0. The van der Waals surface area contributed by atoms with Crippen LogP contribution >= 0.6 is 0 Å². The molecular formula is C12H15NO2. The van der Waals surface area contributed by atoms with E-state index >= 15 is 0 Å². The first-order chi connectivity index (χ1) is 7.29. The van der Waals surface area contributed by atoms with Gasteiger partial charge in [0.1, 0.15) is 0 Å². The molecule has 2 N–H and O–H groups in total. The molecule has 0 aliphatic carbocycles. The highest BCUT2D eigenvalue weighted by Crippen LogP contribution is 1.99. The average molecular weight is 205 g/mol. The van der Waals surface area contributed by atoms with Gasteiger partial charge in [-0.1, -0.05) is 42.5 Å². The quantitative estimate of drug-likeness (QED) is 0.696. The molecule has 3 heteroatoms. The topological polar surface area (TPSA) is 49.3 Å². The predicted octanol–water partition coefficient (Wildman–Crippen LogP) is 1.76. The molecule has 0 spiro atoms. The van der Waals surface area contributed by atoms with Crippen LogP contribution in [0.5, 0.6) is 0 Å². The van der Waals surface area contributed by atoms with Crippen molar-refractivity contribution in [2.45, 2.75) is 6.42 Å². The van der Waals surface area contributed by atoms with E-state index in [2.05, 4.69) is 5.32 Å². The van der Waals surface area contributed by atoms with Gasteiger partial charge in [0.2, 0.25) is 0 Å². The van der Waals surface area contributed by atoms with Crippen LogP contribution in [0.15, 0.2) is 36.4 Å². The van der Waals surface area contributed by atoms with E-state index in [-0.39, 0.29) is 6.42 Å². The van der Waals surface area contributed by atoms with E-state index in [1.807, 2.05) is 42.5 Å². The lowest BCUT2D eigenvalue weighted by molar-refractivity contribution is -0.136. The molecule has 3 nitrogen and oxygen atoms in total. The monoisotopic (exact) mass is 205 g/mol. The van der Waals surface area contributed by atoms with Gasteiger partial charge < -0.3 is 10.4 Å². The summed E-state index contributed by atoms with van der Waals surface area (Å²) in [7, 11) is 0. The SMILES string of the molecule is O=C(O)CCNCC=Cc1ccccc1. The van der Waals surface area contributed by atoms with Gasteiger partial charge >= 0.3 is 5.97 Å². The maximum absolute atomic E-state index is 10.2. The Morgan fingerprint density at radius 2 is 2.07 bits per heavy atom. The average Bonchev–Trinajstić information content (AvgIpc) is 2.24. The molecule has 1 aromatic carbocycles. The Balaban J connectivity index is 2.15. The molecule has 0 aliphatic heterocycles. The van der Waals surface area contributed by atoms with Gasteiger partial charge in [-0.3, -0.25) is 4.79 Å². The molecule has 0 aliphatic rings. The van der Waals surface area contributed by atoms with E-state index in [1.54, 1.807) is 0 Å². The molecule has 0 saturated heterocycles. The third-order valence-corrected chi connectivity index (χ3v) is 1.89. The Morgan fingerprint density at radius 3 is 2.73 bits per heavy atom. The molecule has 1 aromatic rings. The highest BCUT2D eigenvalue weighted by molar-refractivity contribution is 5.66. The van der Waals surface area contributed by atoms with Gasteiger partial charge in [0, 0.05) is 13.1 Å². The molecule has 0 atom stereocenters. The summed E-state index contributed by atoms with van der Waals surface area (Å²) in [5.74, 6) is -0.769. The fraction of sp³-hybridized carbons (Fsp3) is 0.250. The molecule has 15 heavy (non-hydrogen) atoms. The summed E-state index contributed by atoms with van der Waals surface area (Å²) in [5, 5.41) is 11.4. The minimum atomic E-state index is -0.769. The summed E-state index contributed by atoms with van der Waals surface area (Å²) in [4.78, 5) is 10.2. The predicted molar refractivity (Wildman–Crippen MR) is 60.6 cm³/mol. The molecule has 0 heterocycles. The van der Waals surface area contributed by atoms with Crippen LogP contribution in [0.25, 0.3) is 6.08 Å². The first kappa shape index (κ1) is 11.5. The zero-order valence-corrected chi connectivity index (χ0v) is 8.52. The largest absolute Gasteiger partial charge is 0.481 e. The van der Waals surface area contributed by atoms with Crippen molar-refractivity contribution >= 4 is 12.0 Å². The molecular weight excluding hydrogens is 190 g/mol. The molecule has 0 radical (unpaired) electrons. The van der Waals surface area contributed by atoms with E-state index < -0.39 is 5.97 Å². The van der Waals surface area contributed by atoms with Crippen LogP contribution in [-0.4, -0.2) is 24.2 Å². The number of carboxylic acid groups (broad SMARTS) is 1. The van der Waals surface area contributed by atoms with Crippen LogP contribution in [0.2, 0.25) is 0 Å². The van der Waals surface area contributed by atoms with Crippen LogP contribution in [-0.2, 0) is 4.79 Å². The number of aliphatic carboxylic acids is 1. The van der Waals surface area contributed by atoms with Gasteiger partial charge in [-0.15, -0.1) is 0 Å². The van der Waals surface area contributed by atoms with Crippen LogP contribution in [0, 0.1) is 0 Å². The van der Waals surface area contributed by atoms with Crippen molar-refractivity contribution in [3.05, 3.63) is 42.0 Å². The van der Waals surface area contributed by atoms with Gasteiger partial charge in [-0.2, -0.15) is 0 Å². The Bertz CT molecular complexity index is 320. The second-order valence-corrected chi connectivity index (χ2v) is 3.16. The molecule has 0 fully saturated rings. The van der Waals surface area contributed by atoms with Crippen molar-refractivity contribution in [3.63, 3.8) is 0 Å². The third kappa shape index (κ3) is 5.65. The molecule has 0 unspecified atom stereocenters. The normalized spacial score (nSPS) is 10.7. The number of hydrogen-bond acceptors (Lipinski definition) is 2. The lowest BCUT2D eigenvalue weighted by Crippen LogP contribution is -2.17.